The van der Waals surface area contributed by atoms with Crippen LogP contribution in [0.25, 0.3) is 0 Å². The van der Waals surface area contributed by atoms with Gasteiger partial charge in [0.15, 0.2) is 0 Å². The lowest BCUT2D eigenvalue weighted by Crippen LogP contribution is -2.28. The third-order valence-electron chi connectivity index (χ3n) is 6.15. The number of rotatable bonds is 6. The number of fused-ring (bicyclic) bond motifs is 3. The Morgan fingerprint density at radius 3 is 2.68 bits per heavy atom. The Morgan fingerprint density at radius 1 is 1.00 bits per heavy atom. The van der Waals surface area contributed by atoms with E-state index >= 15 is 0 Å². The van der Waals surface area contributed by atoms with Crippen LogP contribution in [0.4, 0.5) is 11.4 Å². The highest BCUT2D eigenvalue weighted by atomic mass is 16.5. The second-order valence-corrected chi connectivity index (χ2v) is 8.05. The standard InChI is InChI=1S/C28H26N2O/c1-2-18-31-27-13-6-3-8-21(27)19-29-22-16-14-20(15-17-22)28-25-11-7-10-23(25)24-9-4-5-12-26(24)30-28/h2-10,12-17,19,23,25,28,30H,1,11,18H2/t23-,25-,28-/m0/s1. The van der Waals surface area contributed by atoms with Gasteiger partial charge in [-0.05, 0) is 53.8 Å². The van der Waals surface area contributed by atoms with Crippen molar-refractivity contribution in [2.45, 2.75) is 18.4 Å². The van der Waals surface area contributed by atoms with Crippen LogP contribution in [0.5, 0.6) is 5.75 Å². The van der Waals surface area contributed by atoms with Crippen molar-refractivity contribution in [1.82, 2.24) is 0 Å². The average molecular weight is 407 g/mol. The lowest BCUT2D eigenvalue weighted by molar-refractivity contribution is 0.363. The van der Waals surface area contributed by atoms with Gasteiger partial charge in [0.2, 0.25) is 0 Å². The molecule has 154 valence electrons. The van der Waals surface area contributed by atoms with E-state index in [1.54, 1.807) is 6.08 Å². The number of hydrogen-bond acceptors (Lipinski definition) is 3. The quantitative estimate of drug-likeness (QED) is 0.360. The minimum Gasteiger partial charge on any atom is -0.489 e. The minimum atomic E-state index is 0.306. The summed E-state index contributed by atoms with van der Waals surface area (Å²) in [5, 5.41) is 3.79. The molecule has 0 unspecified atom stereocenters. The van der Waals surface area contributed by atoms with Crippen LogP contribution >= 0.6 is 0 Å². The molecule has 1 aliphatic heterocycles. The summed E-state index contributed by atoms with van der Waals surface area (Å²) in [5.41, 5.74) is 5.86. The molecule has 0 amide bonds. The fourth-order valence-corrected chi connectivity index (χ4v) is 4.65. The van der Waals surface area contributed by atoms with Gasteiger partial charge in [-0.2, -0.15) is 0 Å². The van der Waals surface area contributed by atoms with Gasteiger partial charge in [0, 0.05) is 23.4 Å². The van der Waals surface area contributed by atoms with Crippen molar-refractivity contribution in [1.29, 1.82) is 0 Å². The fourth-order valence-electron chi connectivity index (χ4n) is 4.65. The molecule has 3 atom stereocenters. The highest BCUT2D eigenvalue weighted by molar-refractivity contribution is 5.85. The molecular weight excluding hydrogens is 380 g/mol. The highest BCUT2D eigenvalue weighted by Gasteiger charge is 2.37. The van der Waals surface area contributed by atoms with Crippen LogP contribution in [0, 0.1) is 5.92 Å². The Kier molecular flexibility index (Phi) is 5.40. The van der Waals surface area contributed by atoms with Crippen molar-refractivity contribution in [3.05, 3.63) is 114 Å². The zero-order chi connectivity index (χ0) is 21.0. The smallest absolute Gasteiger partial charge is 0.128 e. The van der Waals surface area contributed by atoms with E-state index in [-0.39, 0.29) is 0 Å². The molecule has 0 saturated carbocycles. The molecule has 0 aromatic heterocycles. The second kappa shape index (κ2) is 8.65. The van der Waals surface area contributed by atoms with Crippen LogP contribution < -0.4 is 10.1 Å². The van der Waals surface area contributed by atoms with Crippen molar-refractivity contribution in [3.8, 4) is 5.75 Å². The number of nitrogens with zero attached hydrogens (tertiary/aromatic N) is 1. The molecule has 1 N–H and O–H groups in total. The SMILES string of the molecule is C=CCOc1ccccc1C=Nc1ccc([C@@H]2Nc3ccccc3[C@@H]3C=CC[C@@H]32)cc1. The summed E-state index contributed by atoms with van der Waals surface area (Å²) >= 11 is 0. The third-order valence-corrected chi connectivity index (χ3v) is 6.15. The van der Waals surface area contributed by atoms with Crippen molar-refractivity contribution >= 4 is 17.6 Å². The largest absolute Gasteiger partial charge is 0.489 e. The van der Waals surface area contributed by atoms with Gasteiger partial charge in [-0.25, -0.2) is 0 Å². The molecule has 0 radical (unpaired) electrons. The molecular formula is C28H26N2O. The Balaban J connectivity index is 1.35. The van der Waals surface area contributed by atoms with Crippen LogP contribution in [0.15, 0.2) is 103 Å². The number of aliphatic imine (C=N–C) groups is 1. The van der Waals surface area contributed by atoms with Crippen molar-refractivity contribution in [3.63, 3.8) is 0 Å². The number of nitrogens with one attached hydrogen (secondary N) is 1. The summed E-state index contributed by atoms with van der Waals surface area (Å²) in [6.45, 7) is 4.19. The van der Waals surface area contributed by atoms with Crippen LogP contribution in [-0.2, 0) is 0 Å². The zero-order valence-electron chi connectivity index (χ0n) is 17.4. The molecule has 31 heavy (non-hydrogen) atoms. The van der Waals surface area contributed by atoms with Crippen molar-refractivity contribution < 1.29 is 4.74 Å². The zero-order valence-corrected chi connectivity index (χ0v) is 17.4. The number of para-hydroxylation sites is 2. The molecule has 2 aliphatic rings. The molecule has 1 heterocycles. The van der Waals surface area contributed by atoms with Gasteiger partial charge in [0.05, 0.1) is 11.7 Å². The molecule has 3 nitrogen and oxygen atoms in total. The van der Waals surface area contributed by atoms with E-state index < -0.39 is 0 Å². The van der Waals surface area contributed by atoms with E-state index in [0.717, 1.165) is 23.4 Å². The van der Waals surface area contributed by atoms with Gasteiger partial charge < -0.3 is 10.1 Å². The lowest BCUT2D eigenvalue weighted by Gasteiger charge is -2.37. The lowest BCUT2D eigenvalue weighted by atomic mass is 9.77. The number of ether oxygens (including phenoxy) is 1. The Hall–Kier alpha value is -3.59. The normalized spacial score (nSPS) is 21.4. The van der Waals surface area contributed by atoms with Gasteiger partial charge in [-0.15, -0.1) is 0 Å². The predicted molar refractivity (Wildman–Crippen MR) is 129 cm³/mol. The summed E-state index contributed by atoms with van der Waals surface area (Å²) in [6.07, 6.45) is 9.42. The van der Waals surface area contributed by atoms with Crippen LogP contribution in [-0.4, -0.2) is 12.8 Å². The van der Waals surface area contributed by atoms with Gasteiger partial charge in [0.25, 0.3) is 0 Å². The number of benzene rings is 3. The summed E-state index contributed by atoms with van der Waals surface area (Å²) in [5.74, 6) is 1.86. The average Bonchev–Trinajstić information content (AvgIpc) is 3.32. The Morgan fingerprint density at radius 2 is 1.81 bits per heavy atom. The van der Waals surface area contributed by atoms with Gasteiger partial charge in [-0.3, -0.25) is 4.99 Å². The first-order valence-electron chi connectivity index (χ1n) is 10.8. The number of hydrogen-bond donors (Lipinski definition) is 1. The van der Waals surface area contributed by atoms with Gasteiger partial charge >= 0.3 is 0 Å². The van der Waals surface area contributed by atoms with Crippen molar-refractivity contribution in [2.24, 2.45) is 10.9 Å². The minimum absolute atomic E-state index is 0.306. The van der Waals surface area contributed by atoms with E-state index in [1.807, 2.05) is 30.5 Å². The summed E-state index contributed by atoms with van der Waals surface area (Å²) in [4.78, 5) is 4.67. The molecule has 0 spiro atoms. The maximum Gasteiger partial charge on any atom is 0.128 e. The molecule has 1 aliphatic carbocycles. The van der Waals surface area contributed by atoms with E-state index in [4.69, 9.17) is 4.74 Å². The second-order valence-electron chi connectivity index (χ2n) is 8.05. The maximum absolute atomic E-state index is 5.72. The summed E-state index contributed by atoms with van der Waals surface area (Å²) in [6, 6.07) is 25.5. The predicted octanol–water partition coefficient (Wildman–Crippen LogP) is 6.83. The molecule has 0 bridgehead atoms. The van der Waals surface area contributed by atoms with Crippen LogP contribution in [0.1, 0.15) is 35.1 Å². The topological polar surface area (TPSA) is 33.6 Å². The highest BCUT2D eigenvalue weighted by Crippen LogP contribution is 2.49. The molecule has 0 fully saturated rings. The maximum atomic E-state index is 5.72. The number of anilines is 1. The first-order valence-corrected chi connectivity index (χ1v) is 10.8. The Bertz CT molecular complexity index is 1130. The van der Waals surface area contributed by atoms with E-state index in [9.17, 15) is 0 Å². The Labute approximate surface area is 183 Å². The first-order chi connectivity index (χ1) is 15.3. The van der Waals surface area contributed by atoms with E-state index in [0.29, 0.717) is 24.5 Å². The number of allylic oxidation sites excluding steroid dienone is 2. The van der Waals surface area contributed by atoms with E-state index in [1.165, 1.54) is 16.8 Å². The fraction of sp³-hybridized carbons (Fsp3) is 0.179. The molecule has 3 aromatic rings. The van der Waals surface area contributed by atoms with Crippen molar-refractivity contribution in [2.75, 3.05) is 11.9 Å². The molecule has 0 saturated heterocycles. The summed E-state index contributed by atoms with van der Waals surface area (Å²) < 4.78 is 5.72. The van der Waals surface area contributed by atoms with Crippen LogP contribution in [0.3, 0.4) is 0 Å². The van der Waals surface area contributed by atoms with E-state index in [2.05, 4.69) is 77.6 Å². The first kappa shape index (κ1) is 19.4. The van der Waals surface area contributed by atoms with Crippen LogP contribution in [0.2, 0.25) is 0 Å². The molecule has 5 rings (SSSR count). The third kappa shape index (κ3) is 3.91. The van der Waals surface area contributed by atoms with Gasteiger partial charge in [-0.1, -0.05) is 67.3 Å². The van der Waals surface area contributed by atoms with Gasteiger partial charge in [0.1, 0.15) is 12.4 Å². The molecule has 3 heteroatoms. The molecule has 3 aromatic carbocycles. The summed E-state index contributed by atoms with van der Waals surface area (Å²) in [7, 11) is 0. The monoisotopic (exact) mass is 406 g/mol.